The maximum absolute atomic E-state index is 14.8. The number of aromatic nitrogens is 3. The van der Waals surface area contributed by atoms with Crippen LogP contribution in [0.1, 0.15) is 60.3 Å². The molecular weight excluding hydrogens is 767 g/mol. The van der Waals surface area contributed by atoms with E-state index in [1.807, 2.05) is 64.9 Å². The molecule has 0 aliphatic carbocycles. The maximum Gasteiger partial charge on any atom is 0.317 e. The van der Waals surface area contributed by atoms with Crippen molar-refractivity contribution in [1.29, 1.82) is 5.26 Å². The molecule has 3 amide bonds. The van der Waals surface area contributed by atoms with Crippen molar-refractivity contribution in [3.63, 3.8) is 0 Å². The van der Waals surface area contributed by atoms with Crippen molar-refractivity contribution in [2.75, 3.05) is 36.4 Å². The molecule has 6 aromatic rings. The molecule has 0 radical (unpaired) electrons. The largest absolute Gasteiger partial charge is 0.370 e. The van der Waals surface area contributed by atoms with Crippen molar-refractivity contribution >= 4 is 69.0 Å². The molecule has 2 fully saturated rings. The number of carbonyl (C=O) groups excluding carboxylic acids is 2. The Morgan fingerprint density at radius 2 is 1.64 bits per heavy atom. The average molecular weight is 806 g/mol. The first-order chi connectivity index (χ1) is 27.2. The summed E-state index contributed by atoms with van der Waals surface area (Å²) >= 11 is 19.6. The number of anilines is 2. The lowest BCUT2D eigenvalue weighted by molar-refractivity contribution is 0.102. The minimum absolute atomic E-state index is 0.00474. The molecule has 56 heavy (non-hydrogen) atoms. The van der Waals surface area contributed by atoms with Crippen molar-refractivity contribution in [1.82, 2.24) is 24.8 Å². The van der Waals surface area contributed by atoms with Gasteiger partial charge in [-0.05, 0) is 80.6 Å². The Morgan fingerprint density at radius 3 is 2.38 bits per heavy atom. The summed E-state index contributed by atoms with van der Waals surface area (Å²) in [5, 5.41) is 18.6. The topological polar surface area (TPSA) is 122 Å². The number of likely N-dealkylation sites (tertiary alicyclic amines) is 1. The molecule has 2 aliphatic rings. The number of nitrogens with zero attached hydrogens (tertiary/aromatic N) is 5. The van der Waals surface area contributed by atoms with Crippen LogP contribution in [0.2, 0.25) is 15.1 Å². The first-order valence-electron chi connectivity index (χ1n) is 18.7. The minimum Gasteiger partial charge on any atom is -0.370 e. The van der Waals surface area contributed by atoms with Crippen LogP contribution in [-0.2, 0) is 0 Å². The van der Waals surface area contributed by atoms with E-state index in [0.29, 0.717) is 67.6 Å². The third kappa shape index (κ3) is 7.42. The number of fused-ring (bicyclic) bond motifs is 1. The second kappa shape index (κ2) is 15.9. The van der Waals surface area contributed by atoms with Gasteiger partial charge in [0.2, 0.25) is 0 Å². The Labute approximate surface area is 340 Å². The molecule has 8 rings (SSSR count). The van der Waals surface area contributed by atoms with E-state index >= 15 is 0 Å². The zero-order valence-electron chi connectivity index (χ0n) is 30.7. The van der Waals surface area contributed by atoms with Gasteiger partial charge in [0, 0.05) is 69.3 Å². The molecule has 0 bridgehead atoms. The van der Waals surface area contributed by atoms with Crippen molar-refractivity contribution < 1.29 is 9.59 Å². The molecule has 0 saturated carbocycles. The van der Waals surface area contributed by atoms with Crippen LogP contribution in [-0.4, -0.2) is 63.6 Å². The number of aromatic amines is 1. The molecule has 1 atom stereocenters. The molecule has 0 unspecified atom stereocenters. The van der Waals surface area contributed by atoms with Crippen LogP contribution in [0.15, 0.2) is 91.3 Å². The monoisotopic (exact) mass is 804 g/mol. The van der Waals surface area contributed by atoms with Gasteiger partial charge in [0.05, 0.1) is 46.8 Å². The van der Waals surface area contributed by atoms with Gasteiger partial charge in [0.25, 0.3) is 5.91 Å². The van der Waals surface area contributed by atoms with Crippen LogP contribution in [0.3, 0.4) is 0 Å². The van der Waals surface area contributed by atoms with E-state index in [4.69, 9.17) is 39.8 Å². The SMILES string of the molecule is C[C@@H](c1ccc(Cl)cc1Cl)n1cnc(-c2ccccc2)c1-c1c(C(=O)Nc2cc(C#N)ccc2N2CCC(NC(=O)N3CCCC3)CC2)[nH]c2cc(Cl)ccc12. The van der Waals surface area contributed by atoms with Gasteiger partial charge in [0.1, 0.15) is 5.69 Å². The molecule has 2 saturated heterocycles. The van der Waals surface area contributed by atoms with E-state index in [2.05, 4.69) is 26.6 Å². The van der Waals surface area contributed by atoms with Crippen molar-refractivity contribution in [3.05, 3.63) is 123 Å². The fourth-order valence-corrected chi connectivity index (χ4v) is 8.64. The zero-order valence-corrected chi connectivity index (χ0v) is 32.9. The number of amides is 3. The number of H-pyrrole nitrogens is 1. The number of piperidine rings is 1. The van der Waals surface area contributed by atoms with Gasteiger partial charge in [0.15, 0.2) is 0 Å². The van der Waals surface area contributed by atoms with Gasteiger partial charge in [-0.25, -0.2) is 9.78 Å². The number of nitriles is 1. The van der Waals surface area contributed by atoms with Gasteiger partial charge in [-0.1, -0.05) is 77.3 Å². The van der Waals surface area contributed by atoms with E-state index in [-0.39, 0.29) is 18.1 Å². The Kier molecular flexibility index (Phi) is 10.7. The predicted octanol–water partition coefficient (Wildman–Crippen LogP) is 10.2. The van der Waals surface area contributed by atoms with Gasteiger partial charge in [-0.15, -0.1) is 0 Å². The average Bonchev–Trinajstić information content (AvgIpc) is 3.98. The summed E-state index contributed by atoms with van der Waals surface area (Å²) in [6.45, 7) is 4.97. The lowest BCUT2D eigenvalue weighted by Gasteiger charge is -2.35. The minimum atomic E-state index is -0.402. The highest BCUT2D eigenvalue weighted by Gasteiger charge is 2.30. The summed E-state index contributed by atoms with van der Waals surface area (Å²) in [6, 6.07) is 28.1. The lowest BCUT2D eigenvalue weighted by atomic mass is 9.99. The number of hydrogen-bond acceptors (Lipinski definition) is 5. The quantitative estimate of drug-likeness (QED) is 0.141. The zero-order chi connectivity index (χ0) is 38.9. The van der Waals surface area contributed by atoms with Crippen molar-refractivity contribution in [2.45, 2.75) is 44.7 Å². The molecular formula is C43H39Cl3N8O2. The van der Waals surface area contributed by atoms with Crippen LogP contribution in [0.25, 0.3) is 33.4 Å². The van der Waals surface area contributed by atoms with Gasteiger partial charge < -0.3 is 30.0 Å². The van der Waals surface area contributed by atoms with Crippen molar-refractivity contribution in [3.8, 4) is 28.6 Å². The third-order valence-corrected chi connectivity index (χ3v) is 11.6. The number of halogens is 3. The van der Waals surface area contributed by atoms with E-state index < -0.39 is 5.91 Å². The number of nitrogens with one attached hydrogen (secondary N) is 3. The van der Waals surface area contributed by atoms with Gasteiger partial charge in [-0.2, -0.15) is 5.26 Å². The Bertz CT molecular complexity index is 2480. The highest BCUT2D eigenvalue weighted by atomic mass is 35.5. The number of rotatable bonds is 8. The van der Waals surface area contributed by atoms with E-state index in [1.165, 1.54) is 0 Å². The fourth-order valence-electron chi connectivity index (χ4n) is 7.90. The third-order valence-electron chi connectivity index (χ3n) is 10.8. The Balaban J connectivity index is 1.18. The predicted molar refractivity (Wildman–Crippen MR) is 224 cm³/mol. The second-order valence-electron chi connectivity index (χ2n) is 14.3. The molecule has 2 aromatic heterocycles. The molecule has 284 valence electrons. The van der Waals surface area contributed by atoms with Crippen LogP contribution in [0, 0.1) is 11.3 Å². The Morgan fingerprint density at radius 1 is 0.911 bits per heavy atom. The van der Waals surface area contributed by atoms with Crippen molar-refractivity contribution in [2.24, 2.45) is 0 Å². The number of imidazole rings is 1. The van der Waals surface area contributed by atoms with E-state index in [9.17, 15) is 14.9 Å². The molecule has 4 aromatic carbocycles. The molecule has 4 heterocycles. The highest BCUT2D eigenvalue weighted by Crippen LogP contribution is 2.43. The van der Waals surface area contributed by atoms with Crippen LogP contribution in [0.4, 0.5) is 16.2 Å². The van der Waals surface area contributed by atoms with E-state index in [0.717, 1.165) is 61.0 Å². The summed E-state index contributed by atoms with van der Waals surface area (Å²) in [5.41, 5.74) is 6.41. The lowest BCUT2D eigenvalue weighted by Crippen LogP contribution is -2.48. The first kappa shape index (κ1) is 37.5. The number of hydrogen-bond donors (Lipinski definition) is 3. The number of carbonyl (C=O) groups is 2. The summed E-state index contributed by atoms with van der Waals surface area (Å²) in [7, 11) is 0. The standard InChI is InChI=1S/C43H39Cl3N8O2/c1-26(32-12-10-29(44)22-34(32)46)54-25-48-39(28-7-3-2-4-8-28)41(54)38-33-13-11-30(45)23-35(33)50-40(38)42(55)51-36-21-27(24-47)9-14-37(36)52-19-15-31(16-20-52)49-43(56)53-17-5-6-18-53/h2-4,7-14,21-23,25-26,31,50H,5-6,15-20H2,1H3,(H,49,56)(H,51,55)/t26-/m0/s1. The van der Waals surface area contributed by atoms with Gasteiger partial charge in [-0.3, -0.25) is 4.79 Å². The van der Waals surface area contributed by atoms with Crippen LogP contribution < -0.4 is 15.5 Å². The summed E-state index contributed by atoms with van der Waals surface area (Å²) in [5.74, 6) is -0.402. The van der Waals surface area contributed by atoms with Gasteiger partial charge >= 0.3 is 6.03 Å². The van der Waals surface area contributed by atoms with Crippen LogP contribution in [0.5, 0.6) is 0 Å². The summed E-state index contributed by atoms with van der Waals surface area (Å²) in [6.07, 6.45) is 5.36. The maximum atomic E-state index is 14.8. The van der Waals surface area contributed by atoms with Crippen LogP contribution >= 0.6 is 34.8 Å². The Hall–Kier alpha value is -5.47. The molecule has 2 aliphatic heterocycles. The highest BCUT2D eigenvalue weighted by molar-refractivity contribution is 6.35. The fraction of sp³-hybridized carbons (Fsp3) is 0.256. The normalized spacial score (nSPS) is 15.2. The molecule has 10 nitrogen and oxygen atoms in total. The number of urea groups is 1. The molecule has 3 N–H and O–H groups in total. The smallest absolute Gasteiger partial charge is 0.317 e. The first-order valence-corrected chi connectivity index (χ1v) is 19.9. The summed E-state index contributed by atoms with van der Waals surface area (Å²) in [4.78, 5) is 40.0. The second-order valence-corrected chi connectivity index (χ2v) is 15.6. The summed E-state index contributed by atoms with van der Waals surface area (Å²) < 4.78 is 2.03. The number of benzene rings is 4. The van der Waals surface area contributed by atoms with E-state index in [1.54, 1.807) is 42.7 Å². The molecule has 0 spiro atoms. The molecule has 13 heteroatoms.